The monoisotopic (exact) mass is 257 g/mol. The molecule has 1 N–H and O–H groups in total. The van der Waals surface area contributed by atoms with E-state index in [0.29, 0.717) is 0 Å². The molecule has 2 aromatic carbocycles. The SMILES string of the molecule is C1=Cc2c([nH]c3ccc4c(c23)Cc2ccccc2-4)CC1. The largest absolute Gasteiger partial charge is 0.358 e. The van der Waals surface area contributed by atoms with E-state index < -0.39 is 0 Å². The topological polar surface area (TPSA) is 15.8 Å². The Balaban J connectivity index is 1.89. The zero-order chi connectivity index (χ0) is 13.1. The van der Waals surface area contributed by atoms with Gasteiger partial charge in [0, 0.05) is 22.2 Å². The number of nitrogens with one attached hydrogen (secondary N) is 1. The maximum atomic E-state index is 3.62. The molecule has 0 radical (unpaired) electrons. The second kappa shape index (κ2) is 3.63. The van der Waals surface area contributed by atoms with Crippen molar-refractivity contribution >= 4 is 17.0 Å². The van der Waals surface area contributed by atoms with Crippen LogP contribution in [0.4, 0.5) is 0 Å². The highest BCUT2D eigenvalue weighted by molar-refractivity contribution is 6.00. The normalized spacial score (nSPS) is 15.2. The first-order valence-electron chi connectivity index (χ1n) is 7.33. The van der Waals surface area contributed by atoms with Crippen molar-refractivity contribution in [2.24, 2.45) is 0 Å². The minimum Gasteiger partial charge on any atom is -0.358 e. The van der Waals surface area contributed by atoms with Crippen LogP contribution in [0.2, 0.25) is 0 Å². The maximum absolute atomic E-state index is 3.62. The van der Waals surface area contributed by atoms with Gasteiger partial charge in [-0.2, -0.15) is 0 Å². The van der Waals surface area contributed by atoms with Crippen molar-refractivity contribution in [2.45, 2.75) is 19.3 Å². The van der Waals surface area contributed by atoms with Crippen molar-refractivity contribution in [3.63, 3.8) is 0 Å². The molecule has 3 aromatic rings. The van der Waals surface area contributed by atoms with Crippen LogP contribution in [0.1, 0.15) is 28.8 Å². The number of aryl methyl sites for hydroxylation is 1. The average molecular weight is 257 g/mol. The quantitative estimate of drug-likeness (QED) is 0.470. The fourth-order valence-corrected chi connectivity index (χ4v) is 3.81. The van der Waals surface area contributed by atoms with Crippen LogP contribution in [0.3, 0.4) is 0 Å². The minimum absolute atomic E-state index is 1.07. The first kappa shape index (κ1) is 10.5. The first-order valence-corrected chi connectivity index (χ1v) is 7.33. The van der Waals surface area contributed by atoms with E-state index in [0.717, 1.165) is 19.3 Å². The molecule has 1 aromatic heterocycles. The summed E-state index contributed by atoms with van der Waals surface area (Å²) in [5, 5.41) is 1.45. The van der Waals surface area contributed by atoms with Crippen LogP contribution in [0.25, 0.3) is 28.1 Å². The van der Waals surface area contributed by atoms with Crippen molar-refractivity contribution in [3.05, 3.63) is 64.9 Å². The zero-order valence-corrected chi connectivity index (χ0v) is 11.2. The highest BCUT2D eigenvalue weighted by Crippen LogP contribution is 2.42. The van der Waals surface area contributed by atoms with Crippen molar-refractivity contribution < 1.29 is 0 Å². The molecule has 0 spiro atoms. The maximum Gasteiger partial charge on any atom is 0.0465 e. The van der Waals surface area contributed by atoms with Gasteiger partial charge in [-0.15, -0.1) is 0 Å². The molecule has 96 valence electrons. The smallest absolute Gasteiger partial charge is 0.0465 e. The van der Waals surface area contributed by atoms with Gasteiger partial charge in [-0.1, -0.05) is 42.5 Å². The van der Waals surface area contributed by atoms with Crippen molar-refractivity contribution in [1.29, 1.82) is 0 Å². The number of hydrogen-bond donors (Lipinski definition) is 1. The van der Waals surface area contributed by atoms with E-state index in [9.17, 15) is 0 Å². The van der Waals surface area contributed by atoms with Crippen molar-refractivity contribution in [1.82, 2.24) is 4.98 Å². The second-order valence-corrected chi connectivity index (χ2v) is 5.81. The molecular formula is C19H15N. The molecule has 0 fully saturated rings. The Morgan fingerprint density at radius 1 is 0.950 bits per heavy atom. The fourth-order valence-electron chi connectivity index (χ4n) is 3.81. The predicted octanol–water partition coefficient (Wildman–Crippen LogP) is 4.70. The van der Waals surface area contributed by atoms with Gasteiger partial charge in [0.15, 0.2) is 0 Å². The third kappa shape index (κ3) is 1.23. The van der Waals surface area contributed by atoms with E-state index in [1.54, 1.807) is 0 Å². The summed E-state index contributed by atoms with van der Waals surface area (Å²) in [4.78, 5) is 3.62. The third-order valence-corrected chi connectivity index (χ3v) is 4.71. The highest BCUT2D eigenvalue weighted by atomic mass is 14.7. The van der Waals surface area contributed by atoms with Crippen LogP contribution in [-0.4, -0.2) is 4.98 Å². The third-order valence-electron chi connectivity index (χ3n) is 4.71. The fraction of sp³-hybridized carbons (Fsp3) is 0.158. The Bertz CT molecular complexity index is 880. The number of aromatic nitrogens is 1. The van der Waals surface area contributed by atoms with Crippen LogP contribution >= 0.6 is 0 Å². The molecule has 2 aliphatic rings. The molecule has 2 aliphatic carbocycles. The lowest BCUT2D eigenvalue weighted by Gasteiger charge is -2.06. The van der Waals surface area contributed by atoms with Crippen LogP contribution in [0.15, 0.2) is 42.5 Å². The summed E-state index contributed by atoms with van der Waals surface area (Å²) in [6, 6.07) is 13.3. The molecule has 0 saturated heterocycles. The van der Waals surface area contributed by atoms with E-state index in [4.69, 9.17) is 0 Å². The molecule has 1 heterocycles. The second-order valence-electron chi connectivity index (χ2n) is 5.81. The molecule has 0 aliphatic heterocycles. The first-order chi connectivity index (χ1) is 9.92. The van der Waals surface area contributed by atoms with Crippen LogP contribution < -0.4 is 0 Å². The molecule has 0 bridgehead atoms. The summed E-state index contributed by atoms with van der Waals surface area (Å²) < 4.78 is 0. The van der Waals surface area contributed by atoms with Crippen LogP contribution in [0.5, 0.6) is 0 Å². The number of fused-ring (bicyclic) bond motifs is 7. The lowest BCUT2D eigenvalue weighted by molar-refractivity contribution is 0.950. The standard InChI is InChI=1S/C19H15N/c1-2-6-13-12(5-1)11-16-14(13)9-10-18-19(16)15-7-3-4-8-17(15)20-18/h1-3,5-7,9-10,20H,4,8,11H2. The number of allylic oxidation sites excluding steroid dienone is 1. The Kier molecular flexibility index (Phi) is 1.91. The van der Waals surface area contributed by atoms with E-state index in [2.05, 4.69) is 53.5 Å². The van der Waals surface area contributed by atoms with E-state index >= 15 is 0 Å². The zero-order valence-electron chi connectivity index (χ0n) is 11.2. The van der Waals surface area contributed by atoms with Gasteiger partial charge < -0.3 is 4.98 Å². The van der Waals surface area contributed by atoms with Gasteiger partial charge in [0.2, 0.25) is 0 Å². The molecule has 0 amide bonds. The Labute approximate surface area is 118 Å². The Morgan fingerprint density at radius 2 is 1.90 bits per heavy atom. The predicted molar refractivity (Wildman–Crippen MR) is 83.9 cm³/mol. The minimum atomic E-state index is 1.07. The number of rotatable bonds is 0. The van der Waals surface area contributed by atoms with Crippen LogP contribution in [0, 0.1) is 0 Å². The van der Waals surface area contributed by atoms with Crippen molar-refractivity contribution in [2.75, 3.05) is 0 Å². The summed E-state index contributed by atoms with van der Waals surface area (Å²) in [6.07, 6.45) is 7.98. The molecule has 5 rings (SSSR count). The summed E-state index contributed by atoms with van der Waals surface area (Å²) >= 11 is 0. The Hall–Kier alpha value is -2.28. The lowest BCUT2D eigenvalue weighted by atomic mass is 9.96. The summed E-state index contributed by atoms with van der Waals surface area (Å²) in [5.74, 6) is 0. The molecule has 0 saturated carbocycles. The molecule has 0 atom stereocenters. The van der Waals surface area contributed by atoms with Gasteiger partial charge >= 0.3 is 0 Å². The van der Waals surface area contributed by atoms with Crippen LogP contribution in [-0.2, 0) is 12.8 Å². The van der Waals surface area contributed by atoms with Gasteiger partial charge in [-0.05, 0) is 47.6 Å². The number of benzene rings is 2. The van der Waals surface area contributed by atoms with E-state index in [-0.39, 0.29) is 0 Å². The van der Waals surface area contributed by atoms with E-state index in [1.807, 2.05) is 0 Å². The summed E-state index contributed by atoms with van der Waals surface area (Å²) in [6.45, 7) is 0. The van der Waals surface area contributed by atoms with Gasteiger partial charge in [-0.3, -0.25) is 0 Å². The Morgan fingerprint density at radius 3 is 2.90 bits per heavy atom. The average Bonchev–Trinajstić information content (AvgIpc) is 3.04. The van der Waals surface area contributed by atoms with Gasteiger partial charge in [-0.25, -0.2) is 0 Å². The summed E-state index contributed by atoms with van der Waals surface area (Å²) in [7, 11) is 0. The summed E-state index contributed by atoms with van der Waals surface area (Å²) in [5.41, 5.74) is 9.95. The lowest BCUT2D eigenvalue weighted by Crippen LogP contribution is -1.91. The molecule has 1 heteroatoms. The molecular weight excluding hydrogens is 242 g/mol. The van der Waals surface area contributed by atoms with E-state index in [1.165, 1.54) is 44.4 Å². The number of hydrogen-bond acceptors (Lipinski definition) is 0. The molecule has 20 heavy (non-hydrogen) atoms. The van der Waals surface area contributed by atoms with Crippen molar-refractivity contribution in [3.8, 4) is 11.1 Å². The van der Waals surface area contributed by atoms with Gasteiger partial charge in [0.25, 0.3) is 0 Å². The van der Waals surface area contributed by atoms with Gasteiger partial charge in [0.05, 0.1) is 0 Å². The highest BCUT2D eigenvalue weighted by Gasteiger charge is 2.23. The number of H-pyrrole nitrogens is 1. The van der Waals surface area contributed by atoms with Gasteiger partial charge in [0.1, 0.15) is 0 Å². The molecule has 0 unspecified atom stereocenters. The molecule has 1 nitrogen and oxygen atoms in total. The number of aromatic amines is 1.